The van der Waals surface area contributed by atoms with Crippen molar-refractivity contribution in [3.8, 4) is 0 Å². The zero-order valence-corrected chi connectivity index (χ0v) is 11.2. The highest BCUT2D eigenvalue weighted by Gasteiger charge is 2.42. The number of urea groups is 1. The minimum Gasteiger partial charge on any atom is -0.332 e. The monoisotopic (exact) mass is 242 g/mol. The fraction of sp³-hybridized carbons (Fsp3) is 0.917. The van der Waals surface area contributed by atoms with Crippen LogP contribution in [-0.2, 0) is 0 Å². The zero-order chi connectivity index (χ0) is 11.8. The Labute approximate surface area is 102 Å². The molecule has 3 nitrogen and oxygen atoms in total. The molecule has 2 saturated heterocycles. The van der Waals surface area contributed by atoms with E-state index < -0.39 is 0 Å². The normalized spacial score (nSPS) is 33.4. The standard InChI is InChI=1S/C12H22N2OS/c1-12(2,3)6-4-5-9-10-8(7-16-9)13-11(15)14-10/h8-10H,4-7H2,1-3H3,(H2,13,14,15)/t8-,9+,10-/m1/s1. The summed E-state index contributed by atoms with van der Waals surface area (Å²) in [5.41, 5.74) is 0.430. The highest BCUT2D eigenvalue weighted by Crippen LogP contribution is 2.34. The number of rotatable bonds is 3. The maximum atomic E-state index is 11.2. The van der Waals surface area contributed by atoms with Crippen LogP contribution in [0.5, 0.6) is 0 Å². The van der Waals surface area contributed by atoms with Gasteiger partial charge in [-0.1, -0.05) is 27.2 Å². The molecule has 0 bridgehead atoms. The van der Waals surface area contributed by atoms with Crippen molar-refractivity contribution in [2.45, 2.75) is 57.4 Å². The van der Waals surface area contributed by atoms with Crippen LogP contribution in [0.1, 0.15) is 40.0 Å². The minimum atomic E-state index is 0.0242. The largest absolute Gasteiger partial charge is 0.332 e. The van der Waals surface area contributed by atoms with E-state index in [1.807, 2.05) is 11.8 Å². The Morgan fingerprint density at radius 2 is 2.12 bits per heavy atom. The summed E-state index contributed by atoms with van der Waals surface area (Å²) in [5, 5.41) is 6.64. The number of carbonyl (C=O) groups is 1. The van der Waals surface area contributed by atoms with Gasteiger partial charge in [0.05, 0.1) is 12.1 Å². The number of thioether (sulfide) groups is 1. The van der Waals surface area contributed by atoms with Gasteiger partial charge in [-0.25, -0.2) is 4.79 Å². The molecule has 0 unspecified atom stereocenters. The lowest BCUT2D eigenvalue weighted by molar-refractivity contribution is 0.246. The quantitative estimate of drug-likeness (QED) is 0.746. The van der Waals surface area contributed by atoms with Gasteiger partial charge in [-0.05, 0) is 18.3 Å². The van der Waals surface area contributed by atoms with Crippen molar-refractivity contribution >= 4 is 17.8 Å². The lowest BCUT2D eigenvalue weighted by atomic mass is 9.89. The van der Waals surface area contributed by atoms with Gasteiger partial charge in [-0.15, -0.1) is 0 Å². The van der Waals surface area contributed by atoms with Crippen molar-refractivity contribution in [3.05, 3.63) is 0 Å². The Morgan fingerprint density at radius 3 is 2.81 bits per heavy atom. The molecule has 0 aliphatic carbocycles. The van der Waals surface area contributed by atoms with Gasteiger partial charge in [0.25, 0.3) is 0 Å². The molecule has 2 N–H and O–H groups in total. The summed E-state index contributed by atoms with van der Waals surface area (Å²) < 4.78 is 0. The van der Waals surface area contributed by atoms with Gasteiger partial charge >= 0.3 is 6.03 Å². The van der Waals surface area contributed by atoms with Crippen LogP contribution in [0.4, 0.5) is 4.79 Å². The molecule has 2 amide bonds. The predicted molar refractivity (Wildman–Crippen MR) is 68.8 cm³/mol. The SMILES string of the molecule is CC(C)(C)CCC[C@@H]1SC[C@H]2NC(=O)N[C@@H]12. The van der Waals surface area contributed by atoms with Crippen molar-refractivity contribution in [1.29, 1.82) is 0 Å². The molecule has 0 radical (unpaired) electrons. The topological polar surface area (TPSA) is 41.1 Å². The summed E-state index contributed by atoms with van der Waals surface area (Å²) in [6.07, 6.45) is 3.76. The van der Waals surface area contributed by atoms with Crippen molar-refractivity contribution in [1.82, 2.24) is 10.6 Å². The van der Waals surface area contributed by atoms with E-state index in [0.29, 0.717) is 22.7 Å². The fourth-order valence-corrected chi connectivity index (χ4v) is 4.02. The second kappa shape index (κ2) is 4.47. The molecule has 0 spiro atoms. The molecule has 0 aromatic carbocycles. The molecule has 2 aliphatic rings. The molecule has 92 valence electrons. The first-order valence-electron chi connectivity index (χ1n) is 6.14. The van der Waals surface area contributed by atoms with Gasteiger partial charge in [-0.2, -0.15) is 11.8 Å². The Balaban J connectivity index is 1.77. The highest BCUT2D eigenvalue weighted by atomic mass is 32.2. The lowest BCUT2D eigenvalue weighted by Crippen LogP contribution is -2.36. The zero-order valence-electron chi connectivity index (χ0n) is 10.4. The molecule has 2 heterocycles. The van der Waals surface area contributed by atoms with E-state index in [1.54, 1.807) is 0 Å². The Kier molecular flexibility index (Phi) is 3.38. The summed E-state index contributed by atoms with van der Waals surface area (Å²) >= 11 is 2.01. The van der Waals surface area contributed by atoms with Gasteiger partial charge in [-0.3, -0.25) is 0 Å². The Bertz CT molecular complexity index is 275. The van der Waals surface area contributed by atoms with Crippen LogP contribution in [-0.4, -0.2) is 29.1 Å². The second-order valence-electron chi connectivity index (χ2n) is 6.07. The number of hydrogen-bond acceptors (Lipinski definition) is 2. The molecule has 2 aliphatic heterocycles. The third-order valence-corrected chi connectivity index (χ3v) is 4.86. The average Bonchev–Trinajstić information content (AvgIpc) is 2.64. The summed E-state index contributed by atoms with van der Waals surface area (Å²) in [5.74, 6) is 1.07. The second-order valence-corrected chi connectivity index (χ2v) is 7.35. The van der Waals surface area contributed by atoms with Crippen LogP contribution in [0.25, 0.3) is 0 Å². The number of amides is 2. The smallest absolute Gasteiger partial charge is 0.315 e. The van der Waals surface area contributed by atoms with Gasteiger partial charge in [0.2, 0.25) is 0 Å². The third-order valence-electron chi connectivity index (χ3n) is 3.35. The van der Waals surface area contributed by atoms with E-state index in [-0.39, 0.29) is 6.03 Å². The van der Waals surface area contributed by atoms with Crippen LogP contribution in [0, 0.1) is 5.41 Å². The predicted octanol–water partition coefficient (Wildman–Crippen LogP) is 2.37. The maximum absolute atomic E-state index is 11.2. The number of hydrogen-bond donors (Lipinski definition) is 2. The van der Waals surface area contributed by atoms with E-state index in [2.05, 4.69) is 31.4 Å². The molecule has 2 rings (SSSR count). The molecule has 0 aromatic rings. The Hall–Kier alpha value is -0.380. The van der Waals surface area contributed by atoms with E-state index in [4.69, 9.17) is 0 Å². The van der Waals surface area contributed by atoms with Gasteiger partial charge in [0.1, 0.15) is 0 Å². The van der Waals surface area contributed by atoms with Crippen LogP contribution in [0.15, 0.2) is 0 Å². The summed E-state index contributed by atoms with van der Waals surface area (Å²) in [7, 11) is 0. The molecule has 0 aromatic heterocycles. The first kappa shape index (κ1) is 12.1. The summed E-state index contributed by atoms with van der Waals surface area (Å²) in [6, 6.07) is 0.769. The molecule has 4 heteroatoms. The van der Waals surface area contributed by atoms with Gasteiger partial charge < -0.3 is 10.6 Å². The van der Waals surface area contributed by atoms with Crippen LogP contribution in [0.2, 0.25) is 0 Å². The highest BCUT2D eigenvalue weighted by molar-refractivity contribution is 8.00. The first-order chi connectivity index (χ1) is 7.46. The van der Waals surface area contributed by atoms with Crippen molar-refractivity contribution in [3.63, 3.8) is 0 Å². The van der Waals surface area contributed by atoms with Crippen molar-refractivity contribution in [2.24, 2.45) is 5.41 Å². The molecular formula is C12H22N2OS. The number of carbonyl (C=O) groups excluding carboxylic acids is 1. The van der Waals surface area contributed by atoms with E-state index in [1.165, 1.54) is 19.3 Å². The molecular weight excluding hydrogens is 220 g/mol. The molecule has 3 atom stereocenters. The van der Waals surface area contributed by atoms with Crippen molar-refractivity contribution in [2.75, 3.05) is 5.75 Å². The van der Waals surface area contributed by atoms with Crippen molar-refractivity contribution < 1.29 is 4.79 Å². The van der Waals surface area contributed by atoms with Gasteiger partial charge in [0.15, 0.2) is 0 Å². The van der Waals surface area contributed by atoms with Crippen LogP contribution in [0.3, 0.4) is 0 Å². The third kappa shape index (κ3) is 2.84. The van der Waals surface area contributed by atoms with E-state index in [0.717, 1.165) is 5.75 Å². The average molecular weight is 242 g/mol. The van der Waals surface area contributed by atoms with Gasteiger partial charge in [0, 0.05) is 11.0 Å². The fourth-order valence-electron chi connectivity index (χ4n) is 2.48. The van der Waals surface area contributed by atoms with E-state index in [9.17, 15) is 4.79 Å². The van der Waals surface area contributed by atoms with Crippen LogP contribution >= 0.6 is 11.8 Å². The lowest BCUT2D eigenvalue weighted by Gasteiger charge is -2.21. The summed E-state index contributed by atoms with van der Waals surface area (Å²) in [6.45, 7) is 6.86. The van der Waals surface area contributed by atoms with E-state index >= 15 is 0 Å². The number of fused-ring (bicyclic) bond motifs is 1. The Morgan fingerprint density at radius 1 is 1.38 bits per heavy atom. The first-order valence-corrected chi connectivity index (χ1v) is 7.19. The molecule has 2 fully saturated rings. The van der Waals surface area contributed by atoms with Crippen LogP contribution < -0.4 is 10.6 Å². The maximum Gasteiger partial charge on any atom is 0.315 e. The minimum absolute atomic E-state index is 0.0242. The number of nitrogens with one attached hydrogen (secondary N) is 2. The molecule has 16 heavy (non-hydrogen) atoms. The molecule has 0 saturated carbocycles. The summed E-state index contributed by atoms with van der Waals surface area (Å²) in [4.78, 5) is 11.2.